The zero-order valence-electron chi connectivity index (χ0n) is 19.7. The van der Waals surface area contributed by atoms with E-state index in [0.717, 1.165) is 43.0 Å². The van der Waals surface area contributed by atoms with Gasteiger partial charge in [0, 0.05) is 39.1 Å². The number of rotatable bonds is 6. The van der Waals surface area contributed by atoms with Crippen molar-refractivity contribution in [3.05, 3.63) is 23.8 Å². The monoisotopic (exact) mass is 443 g/mol. The third-order valence-corrected chi connectivity index (χ3v) is 6.76. The molecule has 176 valence electrons. The number of nitrogens with one attached hydrogen (secondary N) is 1. The summed E-state index contributed by atoms with van der Waals surface area (Å²) < 4.78 is 10.8. The van der Waals surface area contributed by atoms with Crippen LogP contribution in [0, 0.1) is 11.3 Å². The molecule has 1 aromatic rings. The molecule has 4 rings (SSSR count). The van der Waals surface area contributed by atoms with E-state index >= 15 is 0 Å². The molecule has 0 spiro atoms. The van der Waals surface area contributed by atoms with Gasteiger partial charge in [-0.2, -0.15) is 0 Å². The number of amides is 2. The normalized spacial score (nSPS) is 20.4. The smallest absolute Gasteiger partial charge is 0.237 e. The maximum absolute atomic E-state index is 13.4. The second-order valence-electron chi connectivity index (χ2n) is 10.5. The lowest BCUT2D eigenvalue weighted by Crippen LogP contribution is -2.58. The summed E-state index contributed by atoms with van der Waals surface area (Å²) in [5.74, 6) is 2.21. The predicted molar refractivity (Wildman–Crippen MR) is 122 cm³/mol. The number of carbonyl (C=O) groups excluding carboxylic acids is 2. The quantitative estimate of drug-likeness (QED) is 0.731. The number of hydrogen-bond acceptors (Lipinski definition) is 5. The summed E-state index contributed by atoms with van der Waals surface area (Å²) in [5.41, 5.74) is 1.00. The molecule has 1 unspecified atom stereocenters. The molecule has 1 aromatic carbocycles. The summed E-state index contributed by atoms with van der Waals surface area (Å²) in [6, 6.07) is 5.68. The SMILES string of the molecule is CC(C)(C)CC(=O)N1CCN(C(C(=O)NCc2ccc3c(c2)OCO3)C2CCCC2)CC1. The zero-order valence-corrected chi connectivity index (χ0v) is 19.7. The van der Waals surface area contributed by atoms with Crippen LogP contribution in [-0.4, -0.2) is 60.6 Å². The Morgan fingerprint density at radius 3 is 2.44 bits per heavy atom. The van der Waals surface area contributed by atoms with Crippen molar-refractivity contribution in [1.29, 1.82) is 0 Å². The highest BCUT2D eigenvalue weighted by atomic mass is 16.7. The fourth-order valence-electron chi connectivity index (χ4n) is 5.11. The summed E-state index contributed by atoms with van der Waals surface area (Å²) >= 11 is 0. The molecule has 3 aliphatic rings. The highest BCUT2D eigenvalue weighted by molar-refractivity contribution is 5.82. The molecule has 2 heterocycles. The third kappa shape index (κ3) is 5.55. The Balaban J connectivity index is 1.36. The van der Waals surface area contributed by atoms with E-state index < -0.39 is 0 Å². The number of carbonyl (C=O) groups is 2. The van der Waals surface area contributed by atoms with Crippen LogP contribution in [0.3, 0.4) is 0 Å². The van der Waals surface area contributed by atoms with Crippen LogP contribution in [0.15, 0.2) is 18.2 Å². The fourth-order valence-corrected chi connectivity index (χ4v) is 5.11. The van der Waals surface area contributed by atoms with Gasteiger partial charge in [0.1, 0.15) is 0 Å². The summed E-state index contributed by atoms with van der Waals surface area (Å²) in [4.78, 5) is 30.3. The molecule has 0 bridgehead atoms. The van der Waals surface area contributed by atoms with E-state index in [9.17, 15) is 9.59 Å². The first kappa shape index (κ1) is 22.9. The molecular weight excluding hydrogens is 406 g/mol. The summed E-state index contributed by atoms with van der Waals surface area (Å²) in [6.45, 7) is 9.94. The van der Waals surface area contributed by atoms with E-state index in [1.54, 1.807) is 0 Å². The molecule has 1 saturated carbocycles. The second-order valence-corrected chi connectivity index (χ2v) is 10.5. The molecule has 2 fully saturated rings. The first-order valence-corrected chi connectivity index (χ1v) is 12.0. The first-order valence-electron chi connectivity index (χ1n) is 12.0. The Bertz CT molecular complexity index is 821. The Morgan fingerprint density at radius 2 is 1.75 bits per heavy atom. The van der Waals surface area contributed by atoms with E-state index in [1.807, 2.05) is 23.1 Å². The van der Waals surface area contributed by atoms with Crippen LogP contribution in [0.5, 0.6) is 11.5 Å². The van der Waals surface area contributed by atoms with Crippen LogP contribution in [0.4, 0.5) is 0 Å². The Kier molecular flexibility index (Phi) is 6.93. The van der Waals surface area contributed by atoms with Gasteiger partial charge in [0.2, 0.25) is 18.6 Å². The largest absolute Gasteiger partial charge is 0.454 e. The third-order valence-electron chi connectivity index (χ3n) is 6.76. The molecule has 1 atom stereocenters. The van der Waals surface area contributed by atoms with Crippen molar-refractivity contribution in [2.75, 3.05) is 33.0 Å². The maximum Gasteiger partial charge on any atom is 0.237 e. The lowest BCUT2D eigenvalue weighted by molar-refractivity contribution is -0.136. The molecule has 7 nitrogen and oxygen atoms in total. The highest BCUT2D eigenvalue weighted by Crippen LogP contribution is 2.33. The van der Waals surface area contributed by atoms with Crippen molar-refractivity contribution in [2.24, 2.45) is 11.3 Å². The van der Waals surface area contributed by atoms with Crippen LogP contribution in [-0.2, 0) is 16.1 Å². The van der Waals surface area contributed by atoms with Crippen molar-refractivity contribution in [3.8, 4) is 11.5 Å². The van der Waals surface area contributed by atoms with E-state index in [2.05, 4.69) is 31.0 Å². The van der Waals surface area contributed by atoms with Crippen molar-refractivity contribution < 1.29 is 19.1 Å². The minimum atomic E-state index is -0.119. The molecule has 0 radical (unpaired) electrons. The molecule has 0 aromatic heterocycles. The average Bonchev–Trinajstić information content (AvgIpc) is 3.43. The Morgan fingerprint density at radius 1 is 1.06 bits per heavy atom. The van der Waals surface area contributed by atoms with Gasteiger partial charge in [-0.25, -0.2) is 0 Å². The minimum absolute atomic E-state index is 0.00475. The van der Waals surface area contributed by atoms with Crippen molar-refractivity contribution in [3.63, 3.8) is 0 Å². The van der Waals surface area contributed by atoms with Crippen LogP contribution in [0.25, 0.3) is 0 Å². The number of piperazine rings is 1. The first-order chi connectivity index (χ1) is 15.3. The van der Waals surface area contributed by atoms with Gasteiger partial charge in [0.15, 0.2) is 11.5 Å². The number of ether oxygens (including phenoxy) is 2. The lowest BCUT2D eigenvalue weighted by Gasteiger charge is -2.41. The number of hydrogen-bond donors (Lipinski definition) is 1. The van der Waals surface area contributed by atoms with Crippen LogP contribution in [0.1, 0.15) is 58.4 Å². The van der Waals surface area contributed by atoms with Gasteiger partial charge in [0.05, 0.1) is 6.04 Å². The van der Waals surface area contributed by atoms with Gasteiger partial charge < -0.3 is 19.7 Å². The maximum atomic E-state index is 13.4. The fraction of sp³-hybridized carbons (Fsp3) is 0.680. The topological polar surface area (TPSA) is 71.1 Å². The summed E-state index contributed by atoms with van der Waals surface area (Å²) in [5, 5.41) is 3.17. The molecule has 2 aliphatic heterocycles. The van der Waals surface area contributed by atoms with Gasteiger partial charge in [-0.15, -0.1) is 0 Å². The van der Waals surface area contributed by atoms with E-state index in [4.69, 9.17) is 9.47 Å². The average molecular weight is 444 g/mol. The standard InChI is InChI=1S/C25H37N3O4/c1-25(2,3)15-22(29)27-10-12-28(13-11-27)23(19-6-4-5-7-19)24(30)26-16-18-8-9-20-21(14-18)32-17-31-20/h8-9,14,19,23H,4-7,10-13,15-17H2,1-3H3,(H,26,30). The molecular formula is C25H37N3O4. The molecule has 32 heavy (non-hydrogen) atoms. The summed E-state index contributed by atoms with van der Waals surface area (Å²) in [7, 11) is 0. The van der Waals surface area contributed by atoms with Gasteiger partial charge in [-0.05, 0) is 41.9 Å². The van der Waals surface area contributed by atoms with Gasteiger partial charge in [-0.1, -0.05) is 39.7 Å². The Hall–Kier alpha value is -2.28. The number of benzene rings is 1. The van der Waals surface area contributed by atoms with Crippen LogP contribution >= 0.6 is 0 Å². The van der Waals surface area contributed by atoms with Crippen molar-refractivity contribution in [2.45, 2.75) is 65.5 Å². The minimum Gasteiger partial charge on any atom is -0.454 e. The lowest BCUT2D eigenvalue weighted by atomic mass is 9.91. The van der Waals surface area contributed by atoms with Gasteiger partial charge in [0.25, 0.3) is 0 Å². The van der Waals surface area contributed by atoms with Crippen LogP contribution in [0.2, 0.25) is 0 Å². The molecule has 2 amide bonds. The number of nitrogens with zero attached hydrogens (tertiary/aromatic N) is 2. The van der Waals surface area contributed by atoms with Gasteiger partial charge >= 0.3 is 0 Å². The number of fused-ring (bicyclic) bond motifs is 1. The predicted octanol–water partition coefficient (Wildman–Crippen LogP) is 3.17. The Labute approximate surface area is 191 Å². The molecule has 1 N–H and O–H groups in total. The van der Waals surface area contributed by atoms with Crippen LogP contribution < -0.4 is 14.8 Å². The van der Waals surface area contributed by atoms with E-state index in [1.165, 1.54) is 12.8 Å². The van der Waals surface area contributed by atoms with E-state index in [0.29, 0.717) is 32.0 Å². The van der Waals surface area contributed by atoms with Gasteiger partial charge in [-0.3, -0.25) is 14.5 Å². The van der Waals surface area contributed by atoms with Crippen molar-refractivity contribution in [1.82, 2.24) is 15.1 Å². The zero-order chi connectivity index (χ0) is 22.7. The highest BCUT2D eigenvalue weighted by Gasteiger charge is 2.37. The second kappa shape index (κ2) is 9.69. The summed E-state index contributed by atoms with van der Waals surface area (Å²) in [6.07, 6.45) is 5.16. The molecule has 7 heteroatoms. The molecule has 1 aliphatic carbocycles. The van der Waals surface area contributed by atoms with Crippen molar-refractivity contribution >= 4 is 11.8 Å². The van der Waals surface area contributed by atoms with E-state index in [-0.39, 0.29) is 30.1 Å². The molecule has 1 saturated heterocycles.